The van der Waals surface area contributed by atoms with E-state index in [4.69, 9.17) is 9.47 Å². The number of ether oxygens (including phenoxy) is 2. The number of sulfonamides is 1. The SMILES string of the molecule is O=C(NCc1cccs1)c1ccc(N2C[C@H]3C[C@@H](C2)c2cccc(=O)n2C3)c(NS(=O)(=O)c2ccc3c(c2)OCCO3)c1. The Labute approximate surface area is 252 Å². The van der Waals surface area contributed by atoms with Crippen molar-refractivity contribution in [3.05, 3.63) is 98.6 Å². The van der Waals surface area contributed by atoms with Gasteiger partial charge >= 0.3 is 0 Å². The maximum atomic E-state index is 13.7. The molecule has 7 rings (SSSR count). The largest absolute Gasteiger partial charge is 0.486 e. The second-order valence-corrected chi connectivity index (χ2v) is 13.7. The lowest BCUT2D eigenvalue weighted by atomic mass is 9.83. The molecule has 2 atom stereocenters. The van der Waals surface area contributed by atoms with Gasteiger partial charge in [0.25, 0.3) is 21.5 Å². The van der Waals surface area contributed by atoms with Crippen LogP contribution in [0.2, 0.25) is 0 Å². The molecular weight excluding hydrogens is 588 g/mol. The Morgan fingerprint density at radius 3 is 2.65 bits per heavy atom. The van der Waals surface area contributed by atoms with Crippen LogP contribution in [0.1, 0.15) is 33.3 Å². The van der Waals surface area contributed by atoms with Gasteiger partial charge < -0.3 is 24.3 Å². The van der Waals surface area contributed by atoms with Crippen LogP contribution in [0.25, 0.3) is 0 Å². The zero-order valence-corrected chi connectivity index (χ0v) is 24.8. The van der Waals surface area contributed by atoms with E-state index < -0.39 is 10.0 Å². The number of carbonyl (C=O) groups excluding carboxylic acids is 1. The van der Waals surface area contributed by atoms with Crippen LogP contribution in [0.15, 0.2) is 81.8 Å². The van der Waals surface area contributed by atoms with Crippen LogP contribution in [-0.2, 0) is 23.1 Å². The standard InChI is InChI=1S/C31H30N4O6S2/c36-30-5-1-4-26-22-13-20(18-35(26)30)17-34(19-22)27-8-6-21(31(37)32-16-23-3-2-12-42-23)14-25(27)33-43(38,39)24-7-9-28-29(15-24)41-11-10-40-28/h1-9,12,14-15,20,22,33H,10-11,13,16-19H2,(H,32,37)/t20-,22+/m1/s1. The van der Waals surface area contributed by atoms with E-state index in [0.29, 0.717) is 67.8 Å². The fourth-order valence-corrected chi connectivity index (χ4v) is 7.93. The van der Waals surface area contributed by atoms with E-state index in [1.807, 2.05) is 28.1 Å². The van der Waals surface area contributed by atoms with Gasteiger partial charge in [0.05, 0.1) is 22.8 Å². The lowest BCUT2D eigenvalue weighted by Gasteiger charge is -2.44. The Morgan fingerprint density at radius 2 is 1.81 bits per heavy atom. The predicted octanol–water partition coefficient (Wildman–Crippen LogP) is 4.04. The molecule has 222 valence electrons. The Morgan fingerprint density at radius 1 is 0.953 bits per heavy atom. The molecule has 1 saturated heterocycles. The van der Waals surface area contributed by atoms with Crippen LogP contribution in [-0.4, -0.2) is 45.2 Å². The Hall–Kier alpha value is -4.29. The minimum Gasteiger partial charge on any atom is -0.486 e. The molecular formula is C31H30N4O6S2. The van der Waals surface area contributed by atoms with Gasteiger partial charge in [0.2, 0.25) is 0 Å². The summed E-state index contributed by atoms with van der Waals surface area (Å²) < 4.78 is 43.2. The first-order valence-electron chi connectivity index (χ1n) is 14.2. The molecule has 2 N–H and O–H groups in total. The third kappa shape index (κ3) is 5.48. The van der Waals surface area contributed by atoms with Crippen LogP contribution in [0.4, 0.5) is 11.4 Å². The Balaban J connectivity index is 1.22. The van der Waals surface area contributed by atoms with Crippen LogP contribution in [0, 0.1) is 5.92 Å². The van der Waals surface area contributed by atoms with E-state index in [-0.39, 0.29) is 28.2 Å². The number of carbonyl (C=O) groups is 1. The topological polar surface area (TPSA) is 119 Å². The smallest absolute Gasteiger partial charge is 0.262 e. The van der Waals surface area contributed by atoms with E-state index in [0.717, 1.165) is 17.0 Å². The maximum absolute atomic E-state index is 13.7. The number of aromatic nitrogens is 1. The number of hydrogen-bond donors (Lipinski definition) is 2. The molecule has 2 aromatic heterocycles. The number of benzene rings is 2. The summed E-state index contributed by atoms with van der Waals surface area (Å²) in [6.07, 6.45) is 0.960. The molecule has 2 bridgehead atoms. The van der Waals surface area contributed by atoms with Crippen molar-refractivity contribution in [1.29, 1.82) is 0 Å². The summed E-state index contributed by atoms with van der Waals surface area (Å²) >= 11 is 1.55. The number of nitrogens with zero attached hydrogens (tertiary/aromatic N) is 2. The second kappa shape index (κ2) is 11.1. The normalized spacial score (nSPS) is 18.9. The van der Waals surface area contributed by atoms with Gasteiger partial charge in [0, 0.05) is 53.8 Å². The minimum absolute atomic E-state index is 0.00596. The maximum Gasteiger partial charge on any atom is 0.262 e. The van der Waals surface area contributed by atoms with Gasteiger partial charge in [-0.15, -0.1) is 11.3 Å². The molecule has 1 fully saturated rings. The highest BCUT2D eigenvalue weighted by Crippen LogP contribution is 2.40. The average Bonchev–Trinajstić information content (AvgIpc) is 3.54. The summed E-state index contributed by atoms with van der Waals surface area (Å²) in [6.45, 7) is 3.00. The number of amides is 1. The zero-order valence-electron chi connectivity index (χ0n) is 23.2. The quantitative estimate of drug-likeness (QED) is 0.321. The molecule has 0 aliphatic carbocycles. The minimum atomic E-state index is -4.06. The van der Waals surface area contributed by atoms with E-state index in [1.54, 1.807) is 47.7 Å². The lowest BCUT2D eigenvalue weighted by Crippen LogP contribution is -2.47. The van der Waals surface area contributed by atoms with Gasteiger partial charge in [-0.25, -0.2) is 8.42 Å². The summed E-state index contributed by atoms with van der Waals surface area (Å²) in [5.41, 5.74) is 2.33. The predicted molar refractivity (Wildman–Crippen MR) is 164 cm³/mol. The van der Waals surface area contributed by atoms with Crippen molar-refractivity contribution >= 4 is 38.6 Å². The van der Waals surface area contributed by atoms with Crippen molar-refractivity contribution in [2.45, 2.75) is 30.3 Å². The van der Waals surface area contributed by atoms with E-state index in [9.17, 15) is 18.0 Å². The molecule has 2 aromatic carbocycles. The highest BCUT2D eigenvalue weighted by Gasteiger charge is 2.35. The molecule has 5 heterocycles. The Bertz CT molecular complexity index is 1850. The number of hydrogen-bond acceptors (Lipinski definition) is 8. The Kier molecular flexibility index (Phi) is 7.10. The number of fused-ring (bicyclic) bond motifs is 5. The molecule has 3 aliphatic rings. The van der Waals surface area contributed by atoms with Crippen LogP contribution >= 0.6 is 11.3 Å². The van der Waals surface area contributed by atoms with Gasteiger partial charge in [0.15, 0.2) is 11.5 Å². The molecule has 0 radical (unpaired) electrons. The fourth-order valence-electron chi connectivity index (χ4n) is 6.21. The van der Waals surface area contributed by atoms with Gasteiger partial charge in [0.1, 0.15) is 13.2 Å². The molecule has 3 aliphatic heterocycles. The van der Waals surface area contributed by atoms with Crippen molar-refractivity contribution in [3.8, 4) is 11.5 Å². The summed E-state index contributed by atoms with van der Waals surface area (Å²) in [5, 5.41) is 4.87. The monoisotopic (exact) mass is 618 g/mol. The molecule has 10 nitrogen and oxygen atoms in total. The molecule has 12 heteroatoms. The van der Waals surface area contributed by atoms with E-state index in [1.165, 1.54) is 12.1 Å². The third-order valence-electron chi connectivity index (χ3n) is 8.15. The zero-order chi connectivity index (χ0) is 29.6. The first-order valence-corrected chi connectivity index (χ1v) is 16.5. The molecule has 0 saturated carbocycles. The van der Waals surface area contributed by atoms with Gasteiger partial charge in [-0.3, -0.25) is 14.3 Å². The number of anilines is 2. The summed E-state index contributed by atoms with van der Waals surface area (Å²) in [6, 6.07) is 18.9. The van der Waals surface area contributed by atoms with Crippen LogP contribution in [0.5, 0.6) is 11.5 Å². The molecule has 0 unspecified atom stereocenters. The number of rotatable bonds is 7. The highest BCUT2D eigenvalue weighted by atomic mass is 32.2. The van der Waals surface area contributed by atoms with Gasteiger partial charge in [-0.1, -0.05) is 12.1 Å². The first kappa shape index (κ1) is 27.5. The summed E-state index contributed by atoms with van der Waals surface area (Å²) in [5.74, 6) is 0.909. The van der Waals surface area contributed by atoms with Crippen molar-refractivity contribution in [2.75, 3.05) is 35.9 Å². The number of piperidine rings is 1. The van der Waals surface area contributed by atoms with Crippen molar-refractivity contribution < 1.29 is 22.7 Å². The van der Waals surface area contributed by atoms with Crippen LogP contribution in [0.3, 0.4) is 0 Å². The summed E-state index contributed by atoms with van der Waals surface area (Å²) in [4.78, 5) is 28.9. The van der Waals surface area contributed by atoms with E-state index >= 15 is 0 Å². The average molecular weight is 619 g/mol. The molecule has 0 spiro atoms. The van der Waals surface area contributed by atoms with Gasteiger partial charge in [-0.05, 0) is 60.2 Å². The third-order valence-corrected chi connectivity index (χ3v) is 10.4. The lowest BCUT2D eigenvalue weighted by molar-refractivity contribution is 0.0951. The summed E-state index contributed by atoms with van der Waals surface area (Å²) in [7, 11) is -4.06. The highest BCUT2D eigenvalue weighted by molar-refractivity contribution is 7.92. The molecule has 43 heavy (non-hydrogen) atoms. The second-order valence-electron chi connectivity index (χ2n) is 11.0. The molecule has 1 amide bonds. The van der Waals surface area contributed by atoms with Crippen molar-refractivity contribution in [2.24, 2.45) is 5.92 Å². The number of nitrogens with one attached hydrogen (secondary N) is 2. The first-order chi connectivity index (χ1) is 20.8. The fraction of sp³-hybridized carbons (Fsp3) is 0.290. The van der Waals surface area contributed by atoms with Gasteiger partial charge in [-0.2, -0.15) is 0 Å². The van der Waals surface area contributed by atoms with Crippen molar-refractivity contribution in [1.82, 2.24) is 9.88 Å². The number of thiophene rings is 1. The van der Waals surface area contributed by atoms with Crippen LogP contribution < -0.4 is 30.0 Å². The van der Waals surface area contributed by atoms with Crippen molar-refractivity contribution in [3.63, 3.8) is 0 Å². The van der Waals surface area contributed by atoms with E-state index in [2.05, 4.69) is 14.9 Å². The number of pyridine rings is 1. The molecule has 4 aromatic rings.